The van der Waals surface area contributed by atoms with Crippen LogP contribution in [0.2, 0.25) is 0 Å². The molecule has 2 bridgehead atoms. The number of phenolic OH excluding ortho intramolecular Hbond substituents is 2. The number of aliphatic carboxylic acids is 1. The number of amidine groups is 1. The zero-order chi connectivity index (χ0) is 47.0. The Balaban J connectivity index is 1.07. The lowest BCUT2D eigenvalue weighted by molar-refractivity contribution is -0.339. The summed E-state index contributed by atoms with van der Waals surface area (Å²) in [7, 11) is 0. The van der Waals surface area contributed by atoms with Gasteiger partial charge in [-0.1, -0.05) is 42.2 Å². The Morgan fingerprint density at radius 3 is 2.54 bits per heavy atom. The normalized spacial score (nSPS) is 32.0. The molecule has 19 heteroatoms. The molecule has 10 rings (SSSR count). The summed E-state index contributed by atoms with van der Waals surface area (Å²) in [6, 6.07) is 14.0. The number of hydrogen-bond acceptors (Lipinski definition) is 16. The number of aliphatic hydroxyl groups excluding tert-OH is 4. The molecule has 346 valence electrons. The van der Waals surface area contributed by atoms with Crippen LogP contribution in [0.15, 0.2) is 99.5 Å². The molecule has 2 aliphatic carbocycles. The number of aliphatic hydroxyl groups is 6. The van der Waals surface area contributed by atoms with Gasteiger partial charge >= 0.3 is 11.8 Å². The number of ether oxygens (including phenoxy) is 5. The molecule has 5 heterocycles. The minimum atomic E-state index is -2.75. The van der Waals surface area contributed by atoms with E-state index in [9.17, 15) is 50.8 Å². The largest absolute Gasteiger partial charge is 0.508 e. The highest BCUT2D eigenvalue weighted by atomic mass is 16.7. The molecule has 1 unspecified atom stereocenters. The third-order valence-corrected chi connectivity index (χ3v) is 13.5. The molecule has 0 radical (unpaired) electrons. The Hall–Kier alpha value is -7.05. The summed E-state index contributed by atoms with van der Waals surface area (Å²) in [6.07, 6.45) is -1.55. The molecule has 1 saturated heterocycles. The van der Waals surface area contributed by atoms with Crippen LogP contribution < -0.4 is 24.4 Å². The van der Waals surface area contributed by atoms with E-state index in [1.54, 1.807) is 36.4 Å². The molecule has 11 N–H and O–H groups in total. The molecular weight excluding hydrogens is 873 g/mol. The number of nitrogens with zero attached hydrogens (tertiary/aromatic N) is 3. The van der Waals surface area contributed by atoms with Crippen LogP contribution in [0.3, 0.4) is 0 Å². The smallest absolute Gasteiger partial charge is 0.336 e. The minimum absolute atomic E-state index is 0.0381. The molecule has 0 amide bonds. The lowest BCUT2D eigenvalue weighted by Crippen LogP contribution is -2.79. The number of carboxylic acid groups (broad SMARTS) is 1. The predicted octanol–water partition coefficient (Wildman–Crippen LogP) is 0.931. The van der Waals surface area contributed by atoms with E-state index in [1.807, 2.05) is 0 Å². The van der Waals surface area contributed by atoms with Crippen LogP contribution in [0.1, 0.15) is 48.5 Å². The maximum Gasteiger partial charge on any atom is 0.336 e. The van der Waals surface area contributed by atoms with Gasteiger partial charge in [0.05, 0.1) is 24.8 Å². The molecule has 7 aliphatic rings. The number of benzene rings is 3. The zero-order valence-corrected chi connectivity index (χ0v) is 35.3. The van der Waals surface area contributed by atoms with Gasteiger partial charge in [0.2, 0.25) is 12.0 Å². The fraction of sp³-hybridized carbons (Fsp3) is 0.354. The first kappa shape index (κ1) is 43.8. The summed E-state index contributed by atoms with van der Waals surface area (Å²) in [5.74, 6) is 0.947. The average Bonchev–Trinajstić information content (AvgIpc) is 4.09. The van der Waals surface area contributed by atoms with Gasteiger partial charge < -0.3 is 69.6 Å². The summed E-state index contributed by atoms with van der Waals surface area (Å²) in [4.78, 5) is 25.4. The van der Waals surface area contributed by atoms with Gasteiger partial charge in [-0.25, -0.2) is 9.79 Å². The molecule has 3 aromatic rings. The number of carbonyl (C=O) groups is 1. The summed E-state index contributed by atoms with van der Waals surface area (Å²) in [6.45, 7) is -0.593. The van der Waals surface area contributed by atoms with Crippen molar-refractivity contribution in [2.45, 2.75) is 79.3 Å². The van der Waals surface area contributed by atoms with Gasteiger partial charge in [-0.3, -0.25) is 10.4 Å². The maximum absolute atomic E-state index is 13.0. The second kappa shape index (κ2) is 16.4. The molecule has 1 saturated carbocycles. The first-order valence-electron chi connectivity index (χ1n) is 21.5. The monoisotopic (exact) mass is 917 g/mol. The first-order valence-corrected chi connectivity index (χ1v) is 21.5. The van der Waals surface area contributed by atoms with Gasteiger partial charge in [0.1, 0.15) is 58.3 Å². The van der Waals surface area contributed by atoms with Crippen LogP contribution in [0.4, 0.5) is 0 Å². The van der Waals surface area contributed by atoms with Gasteiger partial charge in [-0.15, -0.1) is 0 Å². The Bertz CT molecular complexity index is 2830. The Kier molecular flexibility index (Phi) is 10.7. The van der Waals surface area contributed by atoms with E-state index in [2.05, 4.69) is 26.8 Å². The van der Waals surface area contributed by atoms with Gasteiger partial charge in [-0.2, -0.15) is 0 Å². The topological polar surface area (TPSA) is 308 Å². The van der Waals surface area contributed by atoms with E-state index >= 15 is 0 Å². The van der Waals surface area contributed by atoms with Crippen molar-refractivity contribution < 1.29 is 79.8 Å². The third kappa shape index (κ3) is 7.03. The fourth-order valence-electron chi connectivity index (χ4n) is 10.1. The Labute approximate surface area is 381 Å². The molecule has 3 aromatic carbocycles. The first-order chi connectivity index (χ1) is 32.1. The van der Waals surface area contributed by atoms with Crippen LogP contribution in [-0.4, -0.2) is 131 Å². The molecule has 19 nitrogen and oxygen atoms in total. The van der Waals surface area contributed by atoms with Crippen LogP contribution in [0.5, 0.6) is 34.5 Å². The summed E-state index contributed by atoms with van der Waals surface area (Å²) in [5.41, 5.74) is -5.74. The number of phenols is 2. The number of fused-ring (bicyclic) bond motifs is 4. The van der Waals surface area contributed by atoms with Crippen molar-refractivity contribution in [3.63, 3.8) is 0 Å². The van der Waals surface area contributed by atoms with Gasteiger partial charge in [0.25, 0.3) is 0 Å². The summed E-state index contributed by atoms with van der Waals surface area (Å²) < 4.78 is 31.6. The van der Waals surface area contributed by atoms with Crippen molar-refractivity contribution in [1.82, 2.24) is 0 Å². The van der Waals surface area contributed by atoms with Crippen LogP contribution >= 0.6 is 0 Å². The van der Waals surface area contributed by atoms with E-state index in [0.29, 0.717) is 30.4 Å². The van der Waals surface area contributed by atoms with Crippen LogP contribution in [0, 0.1) is 23.7 Å². The SMILES string of the molecule is [NH2+]=C1C=CC([C@@H](O)[C@H](CO)Oc2ccc(C3C=C(O)c4c(cc5c(c4O)O[C@@]4(c6cccc(O)c6)CCC[C@H]4CC#CC4=C[C@@H](C6=NC=NC6)[C@@]6(O)[C@@H](C(=O)O)O[C@@H](O5)[C@]4(O)[C@@H]6O)O3)cc2)=N1. The van der Waals surface area contributed by atoms with Crippen molar-refractivity contribution in [2.24, 2.45) is 26.8 Å². The molecule has 2 fully saturated rings. The van der Waals surface area contributed by atoms with Crippen LogP contribution in [0.25, 0.3) is 5.76 Å². The highest BCUT2D eigenvalue weighted by Crippen LogP contribution is 2.58. The lowest BCUT2D eigenvalue weighted by atomic mass is 9.61. The molecular formula is C48H45N4O15+. The van der Waals surface area contributed by atoms with Crippen molar-refractivity contribution in [1.29, 1.82) is 0 Å². The summed E-state index contributed by atoms with van der Waals surface area (Å²) >= 11 is 0. The van der Waals surface area contributed by atoms with E-state index in [0.717, 1.165) is 0 Å². The van der Waals surface area contributed by atoms with E-state index in [-0.39, 0.29) is 58.6 Å². The van der Waals surface area contributed by atoms with Gasteiger partial charge in [-0.05, 0) is 65.7 Å². The number of aliphatic imine (C=N–C) groups is 3. The Morgan fingerprint density at radius 2 is 1.84 bits per heavy atom. The van der Waals surface area contributed by atoms with Crippen molar-refractivity contribution >= 4 is 35.3 Å². The number of hydrogen-bond donors (Lipinski definition) is 10. The maximum atomic E-state index is 13.0. The molecule has 0 aromatic heterocycles. The van der Waals surface area contributed by atoms with Gasteiger partial charge in [0.15, 0.2) is 41.1 Å². The standard InChI is InChI=1S/C48H44N4O15/c49-37-14-13-30(52-37)39(56)36(21-53)63-28-11-9-23(10-12-28)33-18-32(55)38-34(64-33)19-35-41(40(38)57)67-46(25-5-2-8-27(54)16-25)15-3-7-24(46)4-1-6-26-17-29(31-20-50-22-51-31)48(62)42(43(58)59)66-45(65-35)47(26,61)44(48)60/h2,5,8-14,16-19,22,24,29,33,36,39,42,44-45,49,53-57,60-62H,3-4,7,15,20-21H2,(H,58,59)/p+1/t24-,29+,33?,36+,39-,42-,44+,45-,46+,47-,48-/m1/s1. The van der Waals surface area contributed by atoms with Crippen LogP contribution in [-0.2, 0) is 15.1 Å². The molecule has 0 spiro atoms. The number of carboxylic acids is 1. The quantitative estimate of drug-likeness (QED) is 0.134. The lowest BCUT2D eigenvalue weighted by Gasteiger charge is -2.57. The molecule has 67 heavy (non-hydrogen) atoms. The van der Waals surface area contributed by atoms with Crippen molar-refractivity contribution in [3.8, 4) is 46.3 Å². The highest BCUT2D eigenvalue weighted by molar-refractivity contribution is 6.15. The minimum Gasteiger partial charge on any atom is -0.508 e. The number of rotatable bonds is 9. The Morgan fingerprint density at radius 1 is 1.03 bits per heavy atom. The zero-order valence-electron chi connectivity index (χ0n) is 35.3. The van der Waals surface area contributed by atoms with E-state index < -0.39 is 101 Å². The highest BCUT2D eigenvalue weighted by Gasteiger charge is 2.72. The van der Waals surface area contributed by atoms with Crippen molar-refractivity contribution in [3.05, 3.63) is 101 Å². The number of nitrogens with two attached hydrogens (primary N) is 1. The average molecular weight is 918 g/mol. The second-order valence-corrected chi connectivity index (χ2v) is 17.4. The van der Waals surface area contributed by atoms with Gasteiger partial charge in [0, 0.05) is 36.1 Å². The second-order valence-electron chi connectivity index (χ2n) is 17.4. The predicted molar refractivity (Wildman–Crippen MR) is 235 cm³/mol. The fourth-order valence-corrected chi connectivity index (χ4v) is 10.1. The number of aromatic hydroxyl groups is 2. The van der Waals surface area contributed by atoms with Crippen molar-refractivity contribution in [2.75, 3.05) is 13.2 Å². The van der Waals surface area contributed by atoms with E-state index in [1.165, 1.54) is 48.8 Å². The molecule has 5 aliphatic heterocycles. The molecule has 11 atom stereocenters. The summed E-state index contributed by atoms with van der Waals surface area (Å²) in [5, 5.41) is 109. The third-order valence-electron chi connectivity index (χ3n) is 13.5. The van der Waals surface area contributed by atoms with E-state index in [4.69, 9.17) is 29.1 Å².